The number of nitrogens with zero attached hydrogens (tertiary/aromatic N) is 5. The number of anilines is 1. The van der Waals surface area contributed by atoms with Crippen LogP contribution in [-0.4, -0.2) is 27.6 Å². The predicted molar refractivity (Wildman–Crippen MR) is 115 cm³/mol. The van der Waals surface area contributed by atoms with Gasteiger partial charge in [0.15, 0.2) is 5.65 Å². The molecular formula is C24H19F2N5. The maximum atomic E-state index is 15.0. The molecular weight excluding hydrogens is 396 g/mol. The lowest BCUT2D eigenvalue weighted by atomic mass is 10.1. The summed E-state index contributed by atoms with van der Waals surface area (Å²) in [6.07, 6.45) is 5.06. The number of aromatic nitrogens is 3. The highest BCUT2D eigenvalue weighted by Gasteiger charge is 2.24. The van der Waals surface area contributed by atoms with Crippen LogP contribution in [0.25, 0.3) is 28.2 Å². The van der Waals surface area contributed by atoms with Crippen LogP contribution >= 0.6 is 0 Å². The van der Waals surface area contributed by atoms with Crippen molar-refractivity contribution in [1.82, 2.24) is 14.5 Å². The third-order valence-electron chi connectivity index (χ3n) is 5.65. The Bertz CT molecular complexity index is 1320. The fourth-order valence-electron chi connectivity index (χ4n) is 4.16. The van der Waals surface area contributed by atoms with Gasteiger partial charge in [-0.2, -0.15) is 5.26 Å². The molecule has 5 rings (SSSR count). The molecule has 7 heteroatoms. The van der Waals surface area contributed by atoms with Crippen LogP contribution in [0.15, 0.2) is 54.7 Å². The lowest BCUT2D eigenvalue weighted by Gasteiger charge is -2.28. The molecule has 0 aliphatic carbocycles. The van der Waals surface area contributed by atoms with E-state index in [2.05, 4.69) is 9.88 Å². The smallest absolute Gasteiger partial charge is 0.167 e. The van der Waals surface area contributed by atoms with E-state index >= 15 is 0 Å². The number of hydrogen-bond acceptors (Lipinski definition) is 4. The van der Waals surface area contributed by atoms with Crippen LogP contribution in [0.5, 0.6) is 0 Å². The Balaban J connectivity index is 1.81. The van der Waals surface area contributed by atoms with E-state index in [9.17, 15) is 8.78 Å². The second-order valence-corrected chi connectivity index (χ2v) is 7.58. The first-order chi connectivity index (χ1) is 15.2. The standard InChI is InChI=1S/C24H19F2N5/c25-18-6-2-3-7-20(18)31-23(17-9-8-16(15-27)14-19(17)26)29-22-21(10-11-28-24(22)31)30-12-4-1-5-13-30/h2-3,6-11,14H,1,4-5,12-13H2. The number of para-hydroxylation sites is 1. The quantitative estimate of drug-likeness (QED) is 0.460. The third-order valence-corrected chi connectivity index (χ3v) is 5.65. The molecule has 0 atom stereocenters. The summed E-state index contributed by atoms with van der Waals surface area (Å²) >= 11 is 0. The molecule has 0 saturated carbocycles. The summed E-state index contributed by atoms with van der Waals surface area (Å²) in [6, 6.07) is 14.3. The van der Waals surface area contributed by atoms with Crippen molar-refractivity contribution in [3.63, 3.8) is 0 Å². The van der Waals surface area contributed by atoms with Gasteiger partial charge in [-0.15, -0.1) is 0 Å². The molecule has 0 spiro atoms. The SMILES string of the molecule is N#Cc1ccc(-c2nc3c(N4CCCCC4)ccnc3n2-c2ccccc2F)c(F)c1. The lowest BCUT2D eigenvalue weighted by Crippen LogP contribution is -2.29. The van der Waals surface area contributed by atoms with Crippen molar-refractivity contribution in [2.24, 2.45) is 0 Å². The Hall–Kier alpha value is -3.79. The molecule has 0 unspecified atom stereocenters. The first-order valence-corrected chi connectivity index (χ1v) is 10.2. The summed E-state index contributed by atoms with van der Waals surface area (Å²) in [5.41, 5.74) is 2.62. The van der Waals surface area contributed by atoms with Crippen molar-refractivity contribution in [3.05, 3.63) is 71.9 Å². The number of hydrogen-bond donors (Lipinski definition) is 0. The molecule has 5 nitrogen and oxygen atoms in total. The topological polar surface area (TPSA) is 57.7 Å². The van der Waals surface area contributed by atoms with Crippen molar-refractivity contribution in [3.8, 4) is 23.1 Å². The molecule has 4 aromatic rings. The fraction of sp³-hybridized carbons (Fsp3) is 0.208. The monoisotopic (exact) mass is 415 g/mol. The number of imidazole rings is 1. The van der Waals surface area contributed by atoms with E-state index in [1.54, 1.807) is 29.0 Å². The first kappa shape index (κ1) is 19.2. The van der Waals surface area contributed by atoms with Crippen molar-refractivity contribution in [1.29, 1.82) is 5.26 Å². The normalized spacial score (nSPS) is 14.0. The summed E-state index contributed by atoms with van der Waals surface area (Å²) in [6.45, 7) is 1.82. The molecule has 1 aliphatic rings. The summed E-state index contributed by atoms with van der Waals surface area (Å²) in [5, 5.41) is 9.08. The molecule has 2 aromatic carbocycles. The zero-order valence-electron chi connectivity index (χ0n) is 16.7. The Morgan fingerprint density at radius 3 is 2.45 bits per heavy atom. The Morgan fingerprint density at radius 1 is 0.903 bits per heavy atom. The van der Waals surface area contributed by atoms with Gasteiger partial charge in [0, 0.05) is 19.3 Å². The minimum Gasteiger partial charge on any atom is -0.370 e. The summed E-state index contributed by atoms with van der Waals surface area (Å²) < 4.78 is 31.4. The highest BCUT2D eigenvalue weighted by Crippen LogP contribution is 2.35. The van der Waals surface area contributed by atoms with Gasteiger partial charge < -0.3 is 4.90 Å². The minimum atomic E-state index is -0.591. The van der Waals surface area contributed by atoms with Crippen molar-refractivity contribution in [2.45, 2.75) is 19.3 Å². The first-order valence-electron chi connectivity index (χ1n) is 10.2. The maximum Gasteiger partial charge on any atom is 0.167 e. The van der Waals surface area contributed by atoms with Gasteiger partial charge in [-0.05, 0) is 55.7 Å². The average molecular weight is 415 g/mol. The highest BCUT2D eigenvalue weighted by molar-refractivity contribution is 5.90. The molecule has 1 fully saturated rings. The largest absolute Gasteiger partial charge is 0.370 e. The molecule has 154 valence electrons. The number of nitriles is 1. The maximum absolute atomic E-state index is 15.0. The second-order valence-electron chi connectivity index (χ2n) is 7.58. The van der Waals surface area contributed by atoms with Gasteiger partial charge in [-0.25, -0.2) is 18.7 Å². The van der Waals surface area contributed by atoms with Gasteiger partial charge in [0.05, 0.1) is 28.6 Å². The Labute approximate surface area is 178 Å². The van der Waals surface area contributed by atoms with Crippen LogP contribution in [0.3, 0.4) is 0 Å². The molecule has 0 radical (unpaired) electrons. The van der Waals surface area contributed by atoms with E-state index in [4.69, 9.17) is 10.2 Å². The van der Waals surface area contributed by atoms with Crippen LogP contribution in [-0.2, 0) is 0 Å². The van der Waals surface area contributed by atoms with Crippen LogP contribution in [0.1, 0.15) is 24.8 Å². The number of pyridine rings is 1. The molecule has 1 saturated heterocycles. The molecule has 31 heavy (non-hydrogen) atoms. The van der Waals surface area contributed by atoms with Crippen molar-refractivity contribution < 1.29 is 8.78 Å². The zero-order chi connectivity index (χ0) is 21.4. The number of benzene rings is 2. The predicted octanol–water partition coefficient (Wildman–Crippen LogP) is 5.23. The lowest BCUT2D eigenvalue weighted by molar-refractivity contribution is 0.578. The fourth-order valence-corrected chi connectivity index (χ4v) is 4.16. The van der Waals surface area contributed by atoms with Gasteiger partial charge >= 0.3 is 0 Å². The van der Waals surface area contributed by atoms with Crippen molar-refractivity contribution >= 4 is 16.9 Å². The van der Waals surface area contributed by atoms with Crippen LogP contribution < -0.4 is 4.90 Å². The molecule has 1 aliphatic heterocycles. The van der Waals surface area contributed by atoms with Gasteiger partial charge in [-0.3, -0.25) is 4.57 Å². The van der Waals surface area contributed by atoms with Crippen LogP contribution in [0, 0.1) is 23.0 Å². The summed E-state index contributed by atoms with van der Waals surface area (Å²) in [4.78, 5) is 11.5. The van der Waals surface area contributed by atoms with E-state index in [0.29, 0.717) is 11.2 Å². The third kappa shape index (κ3) is 3.30. The highest BCUT2D eigenvalue weighted by atomic mass is 19.1. The number of halogens is 2. The molecule has 0 amide bonds. The summed E-state index contributed by atoms with van der Waals surface area (Å²) in [5.74, 6) is -0.798. The molecule has 0 bridgehead atoms. The minimum absolute atomic E-state index is 0.185. The van der Waals surface area contributed by atoms with Gasteiger partial charge in [0.1, 0.15) is 23.0 Å². The molecule has 3 heterocycles. The average Bonchev–Trinajstić information content (AvgIpc) is 3.19. The van der Waals surface area contributed by atoms with Crippen molar-refractivity contribution in [2.75, 3.05) is 18.0 Å². The van der Waals surface area contributed by atoms with Gasteiger partial charge in [-0.1, -0.05) is 12.1 Å². The van der Waals surface area contributed by atoms with E-state index < -0.39 is 11.6 Å². The Kier molecular flexibility index (Phi) is 4.83. The van der Waals surface area contributed by atoms with E-state index in [1.165, 1.54) is 30.7 Å². The summed E-state index contributed by atoms with van der Waals surface area (Å²) in [7, 11) is 0. The Morgan fingerprint density at radius 2 is 1.71 bits per heavy atom. The van der Waals surface area contributed by atoms with Gasteiger partial charge in [0.2, 0.25) is 0 Å². The molecule has 2 aromatic heterocycles. The van der Waals surface area contributed by atoms with Gasteiger partial charge in [0.25, 0.3) is 0 Å². The van der Waals surface area contributed by atoms with E-state index in [1.807, 2.05) is 12.1 Å². The van der Waals surface area contributed by atoms with E-state index in [0.717, 1.165) is 31.6 Å². The van der Waals surface area contributed by atoms with E-state index in [-0.39, 0.29) is 22.6 Å². The zero-order valence-corrected chi connectivity index (χ0v) is 16.7. The number of fused-ring (bicyclic) bond motifs is 1. The van der Waals surface area contributed by atoms with Crippen LogP contribution in [0.2, 0.25) is 0 Å². The number of rotatable bonds is 3. The molecule has 0 N–H and O–H groups in total. The van der Waals surface area contributed by atoms with Crippen LogP contribution in [0.4, 0.5) is 14.5 Å². The second kappa shape index (κ2) is 7.80. The number of piperidine rings is 1.